The molecule has 0 bridgehead atoms. The Balaban J connectivity index is 2.97. The van der Waals surface area contributed by atoms with Crippen molar-refractivity contribution in [1.29, 1.82) is 0 Å². The summed E-state index contributed by atoms with van der Waals surface area (Å²) in [6.45, 7) is 4.21. The van der Waals surface area contributed by atoms with E-state index in [1.807, 2.05) is 11.9 Å². The average Bonchev–Trinajstić information content (AvgIpc) is 2.37. The topological polar surface area (TPSA) is 78.7 Å². The fourth-order valence-corrected chi connectivity index (χ4v) is 1.69. The fourth-order valence-electron chi connectivity index (χ4n) is 1.69. The van der Waals surface area contributed by atoms with E-state index in [1.54, 1.807) is 0 Å². The van der Waals surface area contributed by atoms with Gasteiger partial charge in [0.1, 0.15) is 0 Å². The van der Waals surface area contributed by atoms with E-state index in [9.17, 15) is 0 Å². The van der Waals surface area contributed by atoms with Crippen LogP contribution in [0.15, 0.2) is 6.20 Å². The highest BCUT2D eigenvalue weighted by Gasteiger charge is 2.21. The van der Waals surface area contributed by atoms with Gasteiger partial charge >= 0.3 is 7.12 Å². The van der Waals surface area contributed by atoms with Gasteiger partial charge in [0.2, 0.25) is 11.8 Å². The van der Waals surface area contributed by atoms with Crippen molar-refractivity contribution in [3.05, 3.63) is 6.20 Å². The maximum absolute atomic E-state index is 9.14. The van der Waals surface area contributed by atoms with Crippen LogP contribution >= 0.6 is 0 Å². The van der Waals surface area contributed by atoms with Crippen LogP contribution in [0.2, 0.25) is 0 Å². The van der Waals surface area contributed by atoms with Crippen LogP contribution in [0.1, 0.15) is 26.7 Å². The second kappa shape index (κ2) is 6.56. The summed E-state index contributed by atoms with van der Waals surface area (Å²) in [4.78, 5) is 10.3. The third kappa shape index (κ3) is 3.33. The molecule has 0 saturated carbocycles. The Morgan fingerprint density at radius 3 is 2.67 bits per heavy atom. The molecule has 1 heterocycles. The molecule has 0 aliphatic rings. The van der Waals surface area contributed by atoms with Crippen molar-refractivity contribution in [3.8, 4) is 5.88 Å². The molecule has 1 unspecified atom stereocenters. The maximum Gasteiger partial charge on any atom is 0.495 e. The van der Waals surface area contributed by atoms with Crippen LogP contribution in [0, 0.1) is 0 Å². The van der Waals surface area contributed by atoms with E-state index in [4.69, 9.17) is 14.8 Å². The SMILES string of the molecule is CCCC(C)N(C)c1ncc(B(O)O)c(OC)n1. The summed E-state index contributed by atoms with van der Waals surface area (Å²) in [6, 6.07) is 0.310. The van der Waals surface area contributed by atoms with Crippen molar-refractivity contribution >= 4 is 18.5 Å². The molecule has 0 aliphatic carbocycles. The first-order chi connectivity index (χ1) is 8.51. The Hall–Kier alpha value is -1.34. The highest BCUT2D eigenvalue weighted by Crippen LogP contribution is 2.14. The lowest BCUT2D eigenvalue weighted by atomic mass is 9.82. The molecule has 1 aromatic rings. The fraction of sp³-hybridized carbons (Fsp3) is 0.636. The number of methoxy groups -OCH3 is 1. The first-order valence-electron chi connectivity index (χ1n) is 6.01. The highest BCUT2D eigenvalue weighted by atomic mass is 16.5. The highest BCUT2D eigenvalue weighted by molar-refractivity contribution is 6.59. The van der Waals surface area contributed by atoms with Gasteiger partial charge in [0.05, 0.1) is 12.6 Å². The normalized spacial score (nSPS) is 12.1. The molecule has 6 nitrogen and oxygen atoms in total. The average molecular weight is 253 g/mol. The zero-order valence-electron chi connectivity index (χ0n) is 11.3. The predicted octanol–water partition coefficient (Wildman–Crippen LogP) is -0.210. The predicted molar refractivity (Wildman–Crippen MR) is 71.2 cm³/mol. The molecule has 1 atom stereocenters. The largest absolute Gasteiger partial charge is 0.495 e. The zero-order valence-corrected chi connectivity index (χ0v) is 11.3. The van der Waals surface area contributed by atoms with Gasteiger partial charge in [-0.2, -0.15) is 4.98 Å². The molecular formula is C11H20BN3O3. The first kappa shape index (κ1) is 14.7. The monoisotopic (exact) mass is 253 g/mol. The van der Waals surface area contributed by atoms with Gasteiger partial charge in [-0.15, -0.1) is 0 Å². The van der Waals surface area contributed by atoms with E-state index in [2.05, 4.69) is 23.8 Å². The van der Waals surface area contributed by atoms with Crippen molar-refractivity contribution in [2.24, 2.45) is 0 Å². The number of ether oxygens (including phenoxy) is 1. The molecular weight excluding hydrogens is 233 g/mol. The van der Waals surface area contributed by atoms with Crippen molar-refractivity contribution in [3.63, 3.8) is 0 Å². The van der Waals surface area contributed by atoms with Gasteiger partial charge in [-0.25, -0.2) is 4.98 Å². The van der Waals surface area contributed by atoms with E-state index in [0.717, 1.165) is 12.8 Å². The molecule has 0 aromatic carbocycles. The molecule has 100 valence electrons. The van der Waals surface area contributed by atoms with E-state index in [-0.39, 0.29) is 11.3 Å². The van der Waals surface area contributed by atoms with Crippen molar-refractivity contribution < 1.29 is 14.8 Å². The number of anilines is 1. The molecule has 2 N–H and O–H groups in total. The van der Waals surface area contributed by atoms with Crippen LogP contribution in [0.25, 0.3) is 0 Å². The standard InChI is InChI=1S/C11H20BN3O3/c1-5-6-8(2)15(3)11-13-7-9(12(16)17)10(14-11)18-4/h7-8,16-17H,5-6H2,1-4H3. The zero-order chi connectivity index (χ0) is 13.7. The van der Waals surface area contributed by atoms with Crippen LogP contribution in [0.4, 0.5) is 5.95 Å². The minimum atomic E-state index is -1.63. The number of nitrogens with zero attached hydrogens (tertiary/aromatic N) is 3. The van der Waals surface area contributed by atoms with Crippen molar-refractivity contribution in [1.82, 2.24) is 9.97 Å². The van der Waals surface area contributed by atoms with Crippen LogP contribution in [-0.2, 0) is 0 Å². The number of aromatic nitrogens is 2. The lowest BCUT2D eigenvalue weighted by molar-refractivity contribution is 0.389. The molecule has 0 saturated heterocycles. The molecule has 0 radical (unpaired) electrons. The third-order valence-corrected chi connectivity index (χ3v) is 2.92. The number of rotatable bonds is 6. The van der Waals surface area contributed by atoms with E-state index < -0.39 is 7.12 Å². The van der Waals surface area contributed by atoms with Gasteiger partial charge < -0.3 is 19.7 Å². The van der Waals surface area contributed by atoms with E-state index in [0.29, 0.717) is 12.0 Å². The van der Waals surface area contributed by atoms with Gasteiger partial charge in [0.25, 0.3) is 0 Å². The molecule has 0 fully saturated rings. The summed E-state index contributed by atoms with van der Waals surface area (Å²) in [5.74, 6) is 0.697. The summed E-state index contributed by atoms with van der Waals surface area (Å²) < 4.78 is 5.04. The Labute approximate surface area is 108 Å². The maximum atomic E-state index is 9.14. The van der Waals surface area contributed by atoms with Gasteiger partial charge in [-0.05, 0) is 13.3 Å². The minimum absolute atomic E-state index is 0.165. The molecule has 0 aliphatic heterocycles. The second-order valence-corrected chi connectivity index (χ2v) is 4.26. The van der Waals surface area contributed by atoms with Crippen LogP contribution in [-0.4, -0.2) is 47.3 Å². The minimum Gasteiger partial charge on any atom is -0.481 e. The molecule has 0 amide bonds. The summed E-state index contributed by atoms with van der Waals surface area (Å²) in [7, 11) is 1.71. The quantitative estimate of drug-likeness (QED) is 0.683. The molecule has 1 rings (SSSR count). The van der Waals surface area contributed by atoms with Crippen LogP contribution < -0.4 is 15.1 Å². The van der Waals surface area contributed by atoms with Crippen molar-refractivity contribution in [2.75, 3.05) is 19.1 Å². The lowest BCUT2D eigenvalue weighted by Gasteiger charge is -2.25. The summed E-state index contributed by atoms with van der Waals surface area (Å²) in [5.41, 5.74) is 0.165. The molecule has 0 spiro atoms. The second-order valence-electron chi connectivity index (χ2n) is 4.26. The molecule has 7 heteroatoms. The number of hydrogen-bond donors (Lipinski definition) is 2. The smallest absolute Gasteiger partial charge is 0.481 e. The molecule has 1 aromatic heterocycles. The van der Waals surface area contributed by atoms with Gasteiger partial charge in [-0.1, -0.05) is 13.3 Å². The summed E-state index contributed by atoms with van der Waals surface area (Å²) in [6.07, 6.45) is 3.49. The third-order valence-electron chi connectivity index (χ3n) is 2.92. The van der Waals surface area contributed by atoms with E-state index >= 15 is 0 Å². The van der Waals surface area contributed by atoms with Crippen LogP contribution in [0.5, 0.6) is 5.88 Å². The van der Waals surface area contributed by atoms with E-state index in [1.165, 1.54) is 13.3 Å². The first-order valence-corrected chi connectivity index (χ1v) is 6.01. The lowest BCUT2D eigenvalue weighted by Crippen LogP contribution is -2.35. The summed E-state index contributed by atoms with van der Waals surface area (Å²) in [5, 5.41) is 18.3. The summed E-state index contributed by atoms with van der Waals surface area (Å²) >= 11 is 0. The Kier molecular flexibility index (Phi) is 5.36. The Bertz CT molecular complexity index is 390. The number of hydrogen-bond acceptors (Lipinski definition) is 6. The van der Waals surface area contributed by atoms with Gasteiger partial charge in [-0.3, -0.25) is 0 Å². The Morgan fingerprint density at radius 1 is 1.50 bits per heavy atom. The van der Waals surface area contributed by atoms with Gasteiger partial charge in [0, 0.05) is 19.3 Å². The van der Waals surface area contributed by atoms with Gasteiger partial charge in [0.15, 0.2) is 0 Å². The van der Waals surface area contributed by atoms with Crippen molar-refractivity contribution in [2.45, 2.75) is 32.7 Å². The Morgan fingerprint density at radius 2 is 2.17 bits per heavy atom. The molecule has 18 heavy (non-hydrogen) atoms. The van der Waals surface area contributed by atoms with Crippen LogP contribution in [0.3, 0.4) is 0 Å².